The molecule has 5 rings (SSSR count). The van der Waals surface area contributed by atoms with Crippen molar-refractivity contribution in [3.05, 3.63) is 41.3 Å². The Morgan fingerprint density at radius 1 is 1.25 bits per heavy atom. The largest absolute Gasteiger partial charge is 0.391 e. The van der Waals surface area contributed by atoms with E-state index < -0.39 is 0 Å². The first-order valence-corrected chi connectivity index (χ1v) is 10.1. The number of fused-ring (bicyclic) bond motifs is 1. The molecule has 0 aliphatic carbocycles. The van der Waals surface area contributed by atoms with E-state index in [0.717, 1.165) is 47.2 Å². The lowest BCUT2D eigenvalue weighted by atomic mass is 10.1. The van der Waals surface area contributed by atoms with Gasteiger partial charge in [-0.15, -0.1) is 11.3 Å². The van der Waals surface area contributed by atoms with Gasteiger partial charge < -0.3 is 14.9 Å². The third-order valence-electron chi connectivity index (χ3n) is 5.19. The Kier molecular flexibility index (Phi) is 4.13. The second-order valence-electron chi connectivity index (χ2n) is 7.17. The topological polar surface area (TPSA) is 87.4 Å². The summed E-state index contributed by atoms with van der Waals surface area (Å²) in [5.41, 5.74) is 2.58. The minimum atomic E-state index is -0.277. The number of thiazole rings is 1. The van der Waals surface area contributed by atoms with Crippen LogP contribution in [0.5, 0.6) is 0 Å². The number of anilines is 2. The van der Waals surface area contributed by atoms with E-state index in [1.54, 1.807) is 22.0 Å². The average Bonchev–Trinajstić information content (AvgIpc) is 3.42. The molecule has 0 radical (unpaired) electrons. The minimum Gasteiger partial charge on any atom is -0.391 e. The third kappa shape index (κ3) is 2.96. The number of hydrogen-bond acceptors (Lipinski definition) is 7. The molecule has 1 amide bonds. The lowest BCUT2D eigenvalue weighted by molar-refractivity contribution is 0.0984. The molecule has 0 aromatic carbocycles. The number of nitrogens with zero attached hydrogens (tertiary/aromatic N) is 6. The Labute approximate surface area is 166 Å². The van der Waals surface area contributed by atoms with Crippen LogP contribution in [0, 0.1) is 0 Å². The molecule has 0 saturated carbocycles. The highest BCUT2D eigenvalue weighted by molar-refractivity contribution is 7.17. The van der Waals surface area contributed by atoms with Gasteiger partial charge in [-0.05, 0) is 18.6 Å². The molecule has 28 heavy (non-hydrogen) atoms. The van der Waals surface area contributed by atoms with Crippen molar-refractivity contribution in [1.29, 1.82) is 0 Å². The summed E-state index contributed by atoms with van der Waals surface area (Å²) in [4.78, 5) is 26.7. The second kappa shape index (κ2) is 6.68. The van der Waals surface area contributed by atoms with Crippen LogP contribution in [0.3, 0.4) is 0 Å². The van der Waals surface area contributed by atoms with Gasteiger partial charge in [-0.3, -0.25) is 9.48 Å². The van der Waals surface area contributed by atoms with Crippen LogP contribution in [-0.4, -0.2) is 56.5 Å². The van der Waals surface area contributed by atoms with E-state index in [-0.39, 0.29) is 12.0 Å². The number of carbonyl (C=O) groups excluding carboxylic acids is 1. The van der Waals surface area contributed by atoms with Crippen molar-refractivity contribution in [3.8, 4) is 10.6 Å². The van der Waals surface area contributed by atoms with Crippen LogP contribution in [0.15, 0.2) is 30.7 Å². The van der Waals surface area contributed by atoms with Crippen LogP contribution in [0.2, 0.25) is 0 Å². The zero-order valence-corrected chi connectivity index (χ0v) is 16.3. The number of aromatic nitrogens is 4. The van der Waals surface area contributed by atoms with Crippen LogP contribution in [0.4, 0.5) is 11.5 Å². The Hall–Kier alpha value is -2.78. The monoisotopic (exact) mass is 396 g/mol. The molecule has 0 spiro atoms. The first-order valence-electron chi connectivity index (χ1n) is 9.28. The van der Waals surface area contributed by atoms with Crippen LogP contribution >= 0.6 is 11.3 Å². The number of hydrogen-bond donors (Lipinski definition) is 1. The zero-order valence-electron chi connectivity index (χ0n) is 15.4. The van der Waals surface area contributed by atoms with Gasteiger partial charge >= 0.3 is 0 Å². The van der Waals surface area contributed by atoms with Gasteiger partial charge in [0.25, 0.3) is 5.91 Å². The molecule has 1 fully saturated rings. The fourth-order valence-corrected chi connectivity index (χ4v) is 4.75. The number of aliphatic hydroxyl groups excluding tert-OH is 1. The molecular weight excluding hydrogens is 376 g/mol. The van der Waals surface area contributed by atoms with Crippen molar-refractivity contribution in [2.45, 2.75) is 18.9 Å². The lowest BCUT2D eigenvalue weighted by Crippen LogP contribution is -2.36. The van der Waals surface area contributed by atoms with Crippen LogP contribution in [-0.2, 0) is 13.5 Å². The molecule has 0 unspecified atom stereocenters. The van der Waals surface area contributed by atoms with Gasteiger partial charge in [0.05, 0.1) is 23.7 Å². The molecule has 2 aliphatic heterocycles. The molecule has 3 aromatic rings. The van der Waals surface area contributed by atoms with E-state index in [2.05, 4.69) is 15.0 Å². The number of carbonyl (C=O) groups is 1. The zero-order chi connectivity index (χ0) is 19.3. The fraction of sp³-hybridized carbons (Fsp3) is 0.368. The number of rotatable bonds is 3. The van der Waals surface area contributed by atoms with Gasteiger partial charge in [-0.2, -0.15) is 5.10 Å². The van der Waals surface area contributed by atoms with E-state index in [9.17, 15) is 9.90 Å². The second-order valence-corrected chi connectivity index (χ2v) is 8.17. The van der Waals surface area contributed by atoms with Crippen molar-refractivity contribution in [2.24, 2.45) is 7.05 Å². The van der Waals surface area contributed by atoms with E-state index >= 15 is 0 Å². The maximum atomic E-state index is 12.9. The average molecular weight is 396 g/mol. The van der Waals surface area contributed by atoms with E-state index in [1.807, 2.05) is 25.4 Å². The molecule has 0 bridgehead atoms. The highest BCUT2D eigenvalue weighted by atomic mass is 32.1. The van der Waals surface area contributed by atoms with Crippen LogP contribution < -0.4 is 9.80 Å². The predicted octanol–water partition coefficient (Wildman–Crippen LogP) is 1.71. The van der Waals surface area contributed by atoms with Gasteiger partial charge in [0, 0.05) is 51.1 Å². The van der Waals surface area contributed by atoms with Gasteiger partial charge in [-0.25, -0.2) is 9.97 Å². The van der Waals surface area contributed by atoms with Gasteiger partial charge in [0.1, 0.15) is 15.7 Å². The van der Waals surface area contributed by atoms with Gasteiger partial charge in [-0.1, -0.05) is 0 Å². The molecule has 3 aromatic heterocycles. The standard InChI is InChI=1S/C19H20N6O2S/c1-23-10-13(9-21-23)25-7-5-15-17(19(25)27)28-18(22-15)12-2-3-16(20-8-12)24-6-4-14(26)11-24/h2-3,8-10,14,26H,4-7,11H2,1H3/t14-/m0/s1. The van der Waals surface area contributed by atoms with Crippen molar-refractivity contribution in [2.75, 3.05) is 29.4 Å². The summed E-state index contributed by atoms with van der Waals surface area (Å²) in [6, 6.07) is 3.94. The summed E-state index contributed by atoms with van der Waals surface area (Å²) in [5.74, 6) is 0.842. The summed E-state index contributed by atoms with van der Waals surface area (Å²) in [6.07, 6.45) is 6.59. The molecule has 144 valence electrons. The lowest BCUT2D eigenvalue weighted by Gasteiger charge is -2.24. The first kappa shape index (κ1) is 17.3. The molecule has 9 heteroatoms. The molecule has 1 saturated heterocycles. The quantitative estimate of drug-likeness (QED) is 0.725. The highest BCUT2D eigenvalue weighted by Gasteiger charge is 2.30. The minimum absolute atomic E-state index is 0.0198. The van der Waals surface area contributed by atoms with Crippen molar-refractivity contribution >= 4 is 28.7 Å². The Bertz CT molecular complexity index is 1030. The first-order chi connectivity index (χ1) is 13.6. The maximum Gasteiger partial charge on any atom is 0.270 e. The number of β-amino-alcohol motifs (C(OH)–C–C–N with tert-alkyl or cyclic N) is 1. The molecule has 1 N–H and O–H groups in total. The maximum absolute atomic E-state index is 12.9. The number of aryl methyl sites for hydroxylation is 1. The summed E-state index contributed by atoms with van der Waals surface area (Å²) in [5, 5.41) is 14.7. The third-order valence-corrected chi connectivity index (χ3v) is 6.33. The summed E-state index contributed by atoms with van der Waals surface area (Å²) < 4.78 is 1.70. The molecule has 1 atom stereocenters. The van der Waals surface area contributed by atoms with Crippen molar-refractivity contribution < 1.29 is 9.90 Å². The van der Waals surface area contributed by atoms with Crippen molar-refractivity contribution in [3.63, 3.8) is 0 Å². The van der Waals surface area contributed by atoms with Crippen LogP contribution in [0.25, 0.3) is 10.6 Å². The fourth-order valence-electron chi connectivity index (χ4n) is 3.70. The summed E-state index contributed by atoms with van der Waals surface area (Å²) >= 11 is 1.42. The van der Waals surface area contributed by atoms with Gasteiger partial charge in [0.2, 0.25) is 0 Å². The normalized spacial score (nSPS) is 19.4. The Morgan fingerprint density at radius 3 is 2.82 bits per heavy atom. The molecule has 8 nitrogen and oxygen atoms in total. The highest BCUT2D eigenvalue weighted by Crippen LogP contribution is 2.33. The summed E-state index contributed by atoms with van der Waals surface area (Å²) in [7, 11) is 1.84. The van der Waals surface area contributed by atoms with Gasteiger partial charge in [0.15, 0.2) is 0 Å². The molecule has 2 aliphatic rings. The van der Waals surface area contributed by atoms with E-state index in [1.165, 1.54) is 11.3 Å². The van der Waals surface area contributed by atoms with Crippen molar-refractivity contribution in [1.82, 2.24) is 19.7 Å². The smallest absolute Gasteiger partial charge is 0.270 e. The summed E-state index contributed by atoms with van der Waals surface area (Å²) in [6.45, 7) is 2.05. The van der Waals surface area contributed by atoms with E-state index in [4.69, 9.17) is 4.98 Å². The molecule has 5 heterocycles. The number of pyridine rings is 1. The number of amides is 1. The number of aliphatic hydroxyl groups is 1. The predicted molar refractivity (Wildman–Crippen MR) is 107 cm³/mol. The Morgan fingerprint density at radius 2 is 2.14 bits per heavy atom. The Balaban J connectivity index is 1.39. The molecular formula is C19H20N6O2S. The van der Waals surface area contributed by atoms with Crippen LogP contribution in [0.1, 0.15) is 21.8 Å². The van der Waals surface area contributed by atoms with E-state index in [0.29, 0.717) is 18.0 Å². The SMILES string of the molecule is Cn1cc(N2CCc3nc(-c4ccc(N5CC[C@H](O)C5)nc4)sc3C2=O)cn1.